The Kier molecular flexibility index (Phi) is 4.36. The van der Waals surface area contributed by atoms with Gasteiger partial charge in [0.25, 0.3) is 0 Å². The highest BCUT2D eigenvalue weighted by Gasteiger charge is 2.22. The van der Waals surface area contributed by atoms with Gasteiger partial charge in [-0.25, -0.2) is 0 Å². The summed E-state index contributed by atoms with van der Waals surface area (Å²) in [7, 11) is 0. The molecule has 3 rings (SSSR count). The second-order valence-corrected chi connectivity index (χ2v) is 6.41. The van der Waals surface area contributed by atoms with E-state index in [1.807, 2.05) is 11.0 Å². The molecule has 0 aromatic carbocycles. The van der Waals surface area contributed by atoms with Crippen molar-refractivity contribution in [3.05, 3.63) is 17.8 Å². The molecule has 2 aliphatic rings. The van der Waals surface area contributed by atoms with Crippen LogP contribution in [0.15, 0.2) is 12.1 Å². The molecule has 1 aliphatic carbocycles. The first-order chi connectivity index (χ1) is 10.2. The Bertz CT molecular complexity index is 484. The van der Waals surface area contributed by atoms with Crippen molar-refractivity contribution in [2.45, 2.75) is 39.0 Å². The zero-order valence-corrected chi connectivity index (χ0v) is 12.7. The number of nitrogens with one attached hydrogen (secondary N) is 1. The van der Waals surface area contributed by atoms with Gasteiger partial charge >= 0.3 is 0 Å². The van der Waals surface area contributed by atoms with E-state index in [2.05, 4.69) is 21.6 Å². The third-order valence-electron chi connectivity index (χ3n) is 4.45. The Labute approximate surface area is 126 Å². The fourth-order valence-electron chi connectivity index (χ4n) is 2.95. The van der Waals surface area contributed by atoms with Gasteiger partial charge < -0.3 is 10.2 Å². The molecule has 2 heterocycles. The molecule has 114 valence electrons. The van der Waals surface area contributed by atoms with E-state index in [1.54, 1.807) is 6.92 Å². The molecule has 1 aliphatic heterocycles. The first-order valence-corrected chi connectivity index (χ1v) is 8.02. The summed E-state index contributed by atoms with van der Waals surface area (Å²) in [6, 6.07) is 4.09. The molecule has 5 heteroatoms. The van der Waals surface area contributed by atoms with Gasteiger partial charge in [0, 0.05) is 26.6 Å². The lowest BCUT2D eigenvalue weighted by Crippen LogP contribution is -2.39. The highest BCUT2D eigenvalue weighted by Crippen LogP contribution is 2.28. The average molecular weight is 288 g/mol. The second-order valence-electron chi connectivity index (χ2n) is 6.41. The third-order valence-corrected chi connectivity index (χ3v) is 4.45. The maximum absolute atomic E-state index is 11.5. The average Bonchev–Trinajstić information content (AvgIpc) is 3.31. The van der Waals surface area contributed by atoms with Gasteiger partial charge in [0.2, 0.25) is 5.91 Å². The smallest absolute Gasteiger partial charge is 0.219 e. The topological polar surface area (TPSA) is 58.1 Å². The maximum Gasteiger partial charge on any atom is 0.219 e. The van der Waals surface area contributed by atoms with E-state index >= 15 is 0 Å². The summed E-state index contributed by atoms with van der Waals surface area (Å²) in [5.74, 6) is 2.42. The van der Waals surface area contributed by atoms with E-state index in [0.717, 1.165) is 49.9 Å². The van der Waals surface area contributed by atoms with Crippen LogP contribution in [0.2, 0.25) is 0 Å². The molecular formula is C16H24N4O. The van der Waals surface area contributed by atoms with Crippen molar-refractivity contribution in [2.24, 2.45) is 11.8 Å². The number of nitrogens with zero attached hydrogens (tertiary/aromatic N) is 3. The minimum atomic E-state index is 0.186. The second kappa shape index (κ2) is 6.41. The van der Waals surface area contributed by atoms with Crippen LogP contribution in [-0.4, -0.2) is 40.6 Å². The SMILES string of the molecule is CC(=O)N1CCC[C@H](Cc2ccc(NCC3CC3)nn2)C1. The molecule has 0 unspecified atom stereocenters. The molecule has 1 saturated heterocycles. The summed E-state index contributed by atoms with van der Waals surface area (Å²) in [4.78, 5) is 13.4. The zero-order valence-electron chi connectivity index (χ0n) is 12.7. The van der Waals surface area contributed by atoms with Crippen LogP contribution in [-0.2, 0) is 11.2 Å². The summed E-state index contributed by atoms with van der Waals surface area (Å²) in [6.45, 7) is 4.44. The molecule has 21 heavy (non-hydrogen) atoms. The van der Waals surface area contributed by atoms with Crippen molar-refractivity contribution in [1.29, 1.82) is 0 Å². The van der Waals surface area contributed by atoms with Gasteiger partial charge in [-0.3, -0.25) is 4.79 Å². The number of amides is 1. The van der Waals surface area contributed by atoms with E-state index in [0.29, 0.717) is 5.92 Å². The number of hydrogen-bond acceptors (Lipinski definition) is 4. The van der Waals surface area contributed by atoms with Crippen LogP contribution in [0.1, 0.15) is 38.3 Å². The summed E-state index contributed by atoms with van der Waals surface area (Å²) < 4.78 is 0. The predicted octanol–water partition coefficient (Wildman–Crippen LogP) is 2.10. The molecule has 0 bridgehead atoms. The van der Waals surface area contributed by atoms with Crippen LogP contribution < -0.4 is 5.32 Å². The van der Waals surface area contributed by atoms with Crippen LogP contribution in [0.3, 0.4) is 0 Å². The van der Waals surface area contributed by atoms with Crippen molar-refractivity contribution in [2.75, 3.05) is 25.0 Å². The van der Waals surface area contributed by atoms with E-state index in [-0.39, 0.29) is 5.91 Å². The van der Waals surface area contributed by atoms with Crippen LogP contribution >= 0.6 is 0 Å². The van der Waals surface area contributed by atoms with E-state index in [9.17, 15) is 4.79 Å². The van der Waals surface area contributed by atoms with Gasteiger partial charge in [0.05, 0.1) is 5.69 Å². The number of hydrogen-bond donors (Lipinski definition) is 1. The molecule has 1 aromatic heterocycles. The number of rotatable bonds is 5. The molecular weight excluding hydrogens is 264 g/mol. The highest BCUT2D eigenvalue weighted by atomic mass is 16.2. The lowest BCUT2D eigenvalue weighted by Gasteiger charge is -2.31. The number of carbonyl (C=O) groups excluding carboxylic acids is 1. The first kappa shape index (κ1) is 14.3. The molecule has 1 atom stereocenters. The number of carbonyl (C=O) groups is 1. The van der Waals surface area contributed by atoms with Gasteiger partial charge in [-0.2, -0.15) is 5.10 Å². The largest absolute Gasteiger partial charge is 0.368 e. The van der Waals surface area contributed by atoms with Crippen LogP contribution in [0.4, 0.5) is 5.82 Å². The number of anilines is 1. The van der Waals surface area contributed by atoms with Gasteiger partial charge in [0.15, 0.2) is 0 Å². The Morgan fingerprint density at radius 1 is 1.29 bits per heavy atom. The lowest BCUT2D eigenvalue weighted by molar-refractivity contribution is -0.130. The number of likely N-dealkylation sites (tertiary alicyclic amines) is 1. The van der Waals surface area contributed by atoms with E-state index in [4.69, 9.17) is 0 Å². The summed E-state index contributed by atoms with van der Waals surface area (Å²) in [6.07, 6.45) is 5.87. The number of piperidine rings is 1. The highest BCUT2D eigenvalue weighted by molar-refractivity contribution is 5.73. The monoisotopic (exact) mass is 288 g/mol. The van der Waals surface area contributed by atoms with Gasteiger partial charge in [-0.15, -0.1) is 5.10 Å². The Morgan fingerprint density at radius 2 is 2.14 bits per heavy atom. The quantitative estimate of drug-likeness (QED) is 0.901. The Morgan fingerprint density at radius 3 is 2.81 bits per heavy atom. The molecule has 1 amide bonds. The maximum atomic E-state index is 11.5. The third kappa shape index (κ3) is 4.16. The predicted molar refractivity (Wildman–Crippen MR) is 81.9 cm³/mol. The van der Waals surface area contributed by atoms with Crippen molar-refractivity contribution in [3.63, 3.8) is 0 Å². The molecule has 0 radical (unpaired) electrons. The fraction of sp³-hybridized carbons (Fsp3) is 0.688. The zero-order chi connectivity index (χ0) is 14.7. The molecule has 1 aromatic rings. The number of aromatic nitrogens is 2. The minimum Gasteiger partial charge on any atom is -0.368 e. The van der Waals surface area contributed by atoms with Crippen LogP contribution in [0, 0.1) is 11.8 Å². The standard InChI is InChI=1S/C16H24N4O/c1-12(21)20-8-2-3-14(11-20)9-15-6-7-16(19-18-15)17-10-13-4-5-13/h6-7,13-14H,2-5,8-11H2,1H3,(H,17,19)/t14-/m1/s1. The van der Waals surface area contributed by atoms with E-state index < -0.39 is 0 Å². The van der Waals surface area contributed by atoms with Crippen molar-refractivity contribution < 1.29 is 4.79 Å². The molecule has 1 N–H and O–H groups in total. The summed E-state index contributed by atoms with van der Waals surface area (Å²) in [5.41, 5.74) is 1.03. The molecule has 5 nitrogen and oxygen atoms in total. The Balaban J connectivity index is 1.50. The minimum absolute atomic E-state index is 0.186. The van der Waals surface area contributed by atoms with E-state index in [1.165, 1.54) is 19.3 Å². The van der Waals surface area contributed by atoms with Gasteiger partial charge in [-0.1, -0.05) is 0 Å². The summed E-state index contributed by atoms with van der Waals surface area (Å²) >= 11 is 0. The van der Waals surface area contributed by atoms with Gasteiger partial charge in [-0.05, 0) is 56.1 Å². The van der Waals surface area contributed by atoms with Crippen molar-refractivity contribution in [1.82, 2.24) is 15.1 Å². The van der Waals surface area contributed by atoms with Crippen molar-refractivity contribution in [3.8, 4) is 0 Å². The molecule has 1 saturated carbocycles. The summed E-state index contributed by atoms with van der Waals surface area (Å²) in [5, 5.41) is 11.9. The first-order valence-electron chi connectivity index (χ1n) is 8.02. The van der Waals surface area contributed by atoms with Gasteiger partial charge in [0.1, 0.15) is 5.82 Å². The Hall–Kier alpha value is -1.65. The van der Waals surface area contributed by atoms with Crippen LogP contribution in [0.5, 0.6) is 0 Å². The molecule has 2 fully saturated rings. The van der Waals surface area contributed by atoms with Crippen LogP contribution in [0.25, 0.3) is 0 Å². The lowest BCUT2D eigenvalue weighted by atomic mass is 9.93. The normalized spacial score (nSPS) is 22.1. The molecule has 0 spiro atoms. The van der Waals surface area contributed by atoms with Crippen molar-refractivity contribution >= 4 is 11.7 Å². The fourth-order valence-corrected chi connectivity index (χ4v) is 2.95.